The van der Waals surface area contributed by atoms with Crippen molar-refractivity contribution in [3.63, 3.8) is 0 Å². The zero-order valence-electron chi connectivity index (χ0n) is 8.71. The Morgan fingerprint density at radius 2 is 2.31 bits per heavy atom. The SMILES string of the molecule is COCCOCC1CC=C(C)CC1. The molecule has 76 valence electrons. The second kappa shape index (κ2) is 6.17. The van der Waals surface area contributed by atoms with E-state index in [1.54, 1.807) is 7.11 Å². The van der Waals surface area contributed by atoms with Crippen LogP contribution in [0, 0.1) is 5.92 Å². The Morgan fingerprint density at radius 1 is 1.46 bits per heavy atom. The molecule has 13 heavy (non-hydrogen) atoms. The maximum Gasteiger partial charge on any atom is 0.0700 e. The summed E-state index contributed by atoms with van der Waals surface area (Å²) in [5.41, 5.74) is 1.54. The van der Waals surface area contributed by atoms with E-state index in [4.69, 9.17) is 9.47 Å². The zero-order chi connectivity index (χ0) is 9.52. The average Bonchev–Trinajstić information content (AvgIpc) is 2.15. The van der Waals surface area contributed by atoms with E-state index in [0.29, 0.717) is 6.61 Å². The molecule has 0 aliphatic heterocycles. The average molecular weight is 184 g/mol. The van der Waals surface area contributed by atoms with Crippen LogP contribution in [0.3, 0.4) is 0 Å². The lowest BCUT2D eigenvalue weighted by Gasteiger charge is -2.20. The van der Waals surface area contributed by atoms with Gasteiger partial charge in [-0.05, 0) is 32.1 Å². The minimum Gasteiger partial charge on any atom is -0.382 e. The van der Waals surface area contributed by atoms with Crippen LogP contribution in [0.2, 0.25) is 0 Å². The summed E-state index contributed by atoms with van der Waals surface area (Å²) in [5.74, 6) is 0.737. The highest BCUT2D eigenvalue weighted by Gasteiger charge is 2.11. The van der Waals surface area contributed by atoms with Gasteiger partial charge in [0.2, 0.25) is 0 Å². The number of ether oxygens (including phenoxy) is 2. The smallest absolute Gasteiger partial charge is 0.0700 e. The molecule has 2 nitrogen and oxygen atoms in total. The zero-order valence-corrected chi connectivity index (χ0v) is 8.71. The van der Waals surface area contributed by atoms with Gasteiger partial charge in [0.05, 0.1) is 13.2 Å². The molecular formula is C11H20O2. The number of rotatable bonds is 5. The van der Waals surface area contributed by atoms with Crippen LogP contribution in [-0.2, 0) is 9.47 Å². The predicted molar refractivity (Wildman–Crippen MR) is 53.8 cm³/mol. The van der Waals surface area contributed by atoms with Crippen molar-refractivity contribution in [1.82, 2.24) is 0 Å². The first-order valence-corrected chi connectivity index (χ1v) is 5.05. The molecule has 1 aliphatic carbocycles. The van der Waals surface area contributed by atoms with Crippen molar-refractivity contribution < 1.29 is 9.47 Å². The summed E-state index contributed by atoms with van der Waals surface area (Å²) < 4.78 is 10.4. The van der Waals surface area contributed by atoms with E-state index in [1.165, 1.54) is 24.8 Å². The van der Waals surface area contributed by atoms with E-state index in [0.717, 1.165) is 19.1 Å². The monoisotopic (exact) mass is 184 g/mol. The van der Waals surface area contributed by atoms with Crippen molar-refractivity contribution in [3.05, 3.63) is 11.6 Å². The third-order valence-corrected chi connectivity index (χ3v) is 2.53. The Morgan fingerprint density at radius 3 is 2.92 bits per heavy atom. The molecular weight excluding hydrogens is 164 g/mol. The first-order valence-electron chi connectivity index (χ1n) is 5.05. The van der Waals surface area contributed by atoms with Crippen LogP contribution >= 0.6 is 0 Å². The molecule has 2 heteroatoms. The third-order valence-electron chi connectivity index (χ3n) is 2.53. The molecule has 0 heterocycles. The third kappa shape index (κ3) is 4.44. The van der Waals surface area contributed by atoms with Gasteiger partial charge in [-0.2, -0.15) is 0 Å². The first kappa shape index (κ1) is 10.7. The molecule has 0 aromatic carbocycles. The molecule has 1 aliphatic rings. The van der Waals surface area contributed by atoms with Crippen LogP contribution in [0.25, 0.3) is 0 Å². The van der Waals surface area contributed by atoms with Gasteiger partial charge in [-0.1, -0.05) is 11.6 Å². The summed E-state index contributed by atoms with van der Waals surface area (Å²) in [7, 11) is 1.70. The van der Waals surface area contributed by atoms with E-state index in [-0.39, 0.29) is 0 Å². The highest BCUT2D eigenvalue weighted by Crippen LogP contribution is 2.22. The fourth-order valence-corrected chi connectivity index (χ4v) is 1.56. The van der Waals surface area contributed by atoms with Crippen LogP contribution in [-0.4, -0.2) is 26.9 Å². The minimum atomic E-state index is 0.710. The normalized spacial score (nSPS) is 22.9. The second-order valence-corrected chi connectivity index (χ2v) is 3.76. The summed E-state index contributed by atoms with van der Waals surface area (Å²) >= 11 is 0. The lowest BCUT2D eigenvalue weighted by Crippen LogP contribution is -2.14. The molecule has 1 atom stereocenters. The van der Waals surface area contributed by atoms with Gasteiger partial charge in [-0.25, -0.2) is 0 Å². The summed E-state index contributed by atoms with van der Waals surface area (Å²) in [4.78, 5) is 0. The topological polar surface area (TPSA) is 18.5 Å². The quantitative estimate of drug-likeness (QED) is 0.482. The molecule has 0 radical (unpaired) electrons. The van der Waals surface area contributed by atoms with Crippen LogP contribution in [0.4, 0.5) is 0 Å². The standard InChI is InChI=1S/C11H20O2/c1-10-3-5-11(6-4-10)9-13-8-7-12-2/h3,11H,4-9H2,1-2H3. The van der Waals surface area contributed by atoms with Gasteiger partial charge in [0.25, 0.3) is 0 Å². The van der Waals surface area contributed by atoms with Gasteiger partial charge in [-0.15, -0.1) is 0 Å². The van der Waals surface area contributed by atoms with Crippen molar-refractivity contribution in [2.24, 2.45) is 5.92 Å². The van der Waals surface area contributed by atoms with Gasteiger partial charge < -0.3 is 9.47 Å². The Kier molecular flexibility index (Phi) is 5.09. The Balaban J connectivity index is 2.03. The molecule has 0 aromatic heterocycles. The Hall–Kier alpha value is -0.340. The maximum absolute atomic E-state index is 5.49. The highest BCUT2D eigenvalue weighted by atomic mass is 16.5. The molecule has 0 amide bonds. The maximum atomic E-state index is 5.49. The van der Waals surface area contributed by atoms with Gasteiger partial charge in [0, 0.05) is 13.7 Å². The fourth-order valence-electron chi connectivity index (χ4n) is 1.56. The predicted octanol–water partition coefficient (Wildman–Crippen LogP) is 2.40. The van der Waals surface area contributed by atoms with E-state index >= 15 is 0 Å². The number of allylic oxidation sites excluding steroid dienone is 2. The molecule has 0 saturated heterocycles. The van der Waals surface area contributed by atoms with Crippen molar-refractivity contribution in [2.45, 2.75) is 26.2 Å². The van der Waals surface area contributed by atoms with Crippen molar-refractivity contribution in [2.75, 3.05) is 26.9 Å². The minimum absolute atomic E-state index is 0.710. The lowest BCUT2D eigenvalue weighted by molar-refractivity contribution is 0.0493. The summed E-state index contributed by atoms with van der Waals surface area (Å²) in [5, 5.41) is 0. The largest absolute Gasteiger partial charge is 0.382 e. The lowest BCUT2D eigenvalue weighted by atomic mass is 9.91. The van der Waals surface area contributed by atoms with Crippen LogP contribution in [0.1, 0.15) is 26.2 Å². The van der Waals surface area contributed by atoms with E-state index in [9.17, 15) is 0 Å². The number of methoxy groups -OCH3 is 1. The summed E-state index contributed by atoms with van der Waals surface area (Å²) in [6.45, 7) is 4.55. The first-order chi connectivity index (χ1) is 6.33. The highest BCUT2D eigenvalue weighted by molar-refractivity contribution is 5.02. The van der Waals surface area contributed by atoms with E-state index in [1.807, 2.05) is 0 Å². The molecule has 1 rings (SSSR count). The van der Waals surface area contributed by atoms with Gasteiger partial charge >= 0.3 is 0 Å². The Bertz CT molecular complexity index is 163. The van der Waals surface area contributed by atoms with Gasteiger partial charge in [0.1, 0.15) is 0 Å². The molecule has 0 bridgehead atoms. The molecule has 0 aromatic rings. The molecule has 0 spiro atoms. The molecule has 0 fully saturated rings. The van der Waals surface area contributed by atoms with E-state index in [2.05, 4.69) is 13.0 Å². The summed E-state index contributed by atoms with van der Waals surface area (Å²) in [6, 6.07) is 0. The second-order valence-electron chi connectivity index (χ2n) is 3.76. The number of hydrogen-bond donors (Lipinski definition) is 0. The molecule has 0 N–H and O–H groups in total. The van der Waals surface area contributed by atoms with E-state index < -0.39 is 0 Å². The van der Waals surface area contributed by atoms with Crippen molar-refractivity contribution >= 4 is 0 Å². The van der Waals surface area contributed by atoms with Crippen LogP contribution < -0.4 is 0 Å². The van der Waals surface area contributed by atoms with Gasteiger partial charge in [-0.3, -0.25) is 0 Å². The fraction of sp³-hybridized carbons (Fsp3) is 0.818. The molecule has 0 saturated carbocycles. The van der Waals surface area contributed by atoms with Crippen LogP contribution in [0.5, 0.6) is 0 Å². The van der Waals surface area contributed by atoms with Crippen molar-refractivity contribution in [1.29, 1.82) is 0 Å². The number of hydrogen-bond acceptors (Lipinski definition) is 2. The Labute approximate surface area is 80.9 Å². The van der Waals surface area contributed by atoms with Crippen LogP contribution in [0.15, 0.2) is 11.6 Å². The molecule has 1 unspecified atom stereocenters. The van der Waals surface area contributed by atoms with Crippen molar-refractivity contribution in [3.8, 4) is 0 Å². The summed E-state index contributed by atoms with van der Waals surface area (Å²) in [6.07, 6.45) is 6.07. The van der Waals surface area contributed by atoms with Gasteiger partial charge in [0.15, 0.2) is 0 Å².